The van der Waals surface area contributed by atoms with E-state index in [0.29, 0.717) is 31.2 Å². The number of aromatic nitrogens is 3. The number of nitrogens with one attached hydrogen (secondary N) is 1. The van der Waals surface area contributed by atoms with Gasteiger partial charge in [-0.25, -0.2) is 4.79 Å². The molecule has 1 N–H and O–H groups in total. The quantitative estimate of drug-likeness (QED) is 0.901. The largest absolute Gasteiger partial charge is 0.444 e. The summed E-state index contributed by atoms with van der Waals surface area (Å²) in [5.74, 6) is 0.306. The molecule has 1 saturated heterocycles. The van der Waals surface area contributed by atoms with Crippen molar-refractivity contribution in [1.82, 2.24) is 25.2 Å². The molecule has 0 radical (unpaired) electrons. The molecule has 0 spiro atoms. The van der Waals surface area contributed by atoms with Crippen LogP contribution in [-0.2, 0) is 11.8 Å². The van der Waals surface area contributed by atoms with Gasteiger partial charge in [-0.2, -0.15) is 0 Å². The lowest BCUT2D eigenvalue weighted by molar-refractivity contribution is 0.0182. The first kappa shape index (κ1) is 18.2. The maximum Gasteiger partial charge on any atom is 0.410 e. The van der Waals surface area contributed by atoms with Crippen LogP contribution in [0.5, 0.6) is 0 Å². The van der Waals surface area contributed by atoms with Crippen molar-refractivity contribution in [3.05, 3.63) is 11.9 Å². The summed E-state index contributed by atoms with van der Waals surface area (Å²) < 4.78 is 6.89. The van der Waals surface area contributed by atoms with Crippen molar-refractivity contribution < 1.29 is 14.3 Å². The van der Waals surface area contributed by atoms with Crippen molar-refractivity contribution in [2.24, 2.45) is 13.0 Å². The Bertz CT molecular complexity index is 571. The van der Waals surface area contributed by atoms with E-state index >= 15 is 0 Å². The van der Waals surface area contributed by atoms with E-state index in [1.807, 2.05) is 20.8 Å². The van der Waals surface area contributed by atoms with Crippen LogP contribution in [0, 0.1) is 5.92 Å². The summed E-state index contributed by atoms with van der Waals surface area (Å²) in [5, 5.41) is 10.4. The van der Waals surface area contributed by atoms with Gasteiger partial charge in [-0.05, 0) is 46.0 Å². The first-order valence-corrected chi connectivity index (χ1v) is 8.37. The highest BCUT2D eigenvalue weighted by Gasteiger charge is 2.26. The lowest BCUT2D eigenvalue weighted by Crippen LogP contribution is -2.42. The molecule has 2 amide bonds. The molecule has 0 aromatic carbocycles. The van der Waals surface area contributed by atoms with Crippen LogP contribution in [0.3, 0.4) is 0 Å². The number of carbonyl (C=O) groups excluding carboxylic acids is 2. The Morgan fingerprint density at radius 2 is 2.00 bits per heavy atom. The van der Waals surface area contributed by atoms with Gasteiger partial charge in [-0.3, -0.25) is 9.48 Å². The van der Waals surface area contributed by atoms with Crippen LogP contribution in [0.15, 0.2) is 6.20 Å². The Kier molecular flexibility index (Phi) is 5.80. The maximum absolute atomic E-state index is 12.0. The van der Waals surface area contributed by atoms with Crippen LogP contribution >= 0.6 is 0 Å². The Morgan fingerprint density at radius 3 is 2.54 bits per heavy atom. The molecule has 24 heavy (non-hydrogen) atoms. The molecule has 2 heterocycles. The van der Waals surface area contributed by atoms with Gasteiger partial charge in [0, 0.05) is 26.7 Å². The number of nitrogens with zero attached hydrogens (tertiary/aromatic N) is 4. The molecule has 1 aromatic rings. The summed E-state index contributed by atoms with van der Waals surface area (Å²) in [6.45, 7) is 7.63. The van der Waals surface area contributed by atoms with E-state index in [0.717, 1.165) is 19.3 Å². The minimum Gasteiger partial charge on any atom is -0.444 e. The number of rotatable bonds is 4. The average molecular weight is 337 g/mol. The SMILES string of the molecule is Cn1cc(C(=O)NCCC2CCN(C(=O)OC(C)(C)C)CC2)nn1. The highest BCUT2D eigenvalue weighted by Crippen LogP contribution is 2.21. The molecule has 0 unspecified atom stereocenters. The van der Waals surface area contributed by atoms with Crippen LogP contribution in [0.4, 0.5) is 4.79 Å². The number of aryl methyl sites for hydroxylation is 1. The monoisotopic (exact) mass is 337 g/mol. The van der Waals surface area contributed by atoms with Crippen molar-refractivity contribution in [3.8, 4) is 0 Å². The van der Waals surface area contributed by atoms with Crippen LogP contribution in [0.1, 0.15) is 50.5 Å². The number of ether oxygens (including phenoxy) is 1. The van der Waals surface area contributed by atoms with Crippen LogP contribution in [0.2, 0.25) is 0 Å². The van der Waals surface area contributed by atoms with E-state index in [1.54, 1.807) is 18.1 Å². The fourth-order valence-electron chi connectivity index (χ4n) is 2.66. The minimum absolute atomic E-state index is 0.200. The summed E-state index contributed by atoms with van der Waals surface area (Å²) in [6, 6.07) is 0. The van der Waals surface area contributed by atoms with E-state index < -0.39 is 5.60 Å². The van der Waals surface area contributed by atoms with E-state index in [-0.39, 0.29) is 12.0 Å². The third kappa shape index (κ3) is 5.50. The molecule has 0 atom stereocenters. The standard InChI is InChI=1S/C16H27N5O3/c1-16(2,3)24-15(23)21-9-6-12(7-10-21)5-8-17-14(22)13-11-20(4)19-18-13/h11-12H,5-10H2,1-4H3,(H,17,22). The summed E-state index contributed by atoms with van der Waals surface area (Å²) in [6.07, 6.45) is 4.11. The third-order valence-corrected chi connectivity index (χ3v) is 3.94. The molecule has 1 aromatic heterocycles. The molecule has 0 aliphatic carbocycles. The molecule has 0 saturated carbocycles. The molecule has 2 rings (SSSR count). The summed E-state index contributed by atoms with van der Waals surface area (Å²) >= 11 is 0. The van der Waals surface area contributed by atoms with Gasteiger partial charge in [0.25, 0.3) is 5.91 Å². The summed E-state index contributed by atoms with van der Waals surface area (Å²) in [5.41, 5.74) is -0.129. The second-order valence-electron chi connectivity index (χ2n) is 7.23. The Hall–Kier alpha value is -2.12. The van der Waals surface area contributed by atoms with Crippen LogP contribution in [-0.4, -0.2) is 57.1 Å². The highest BCUT2D eigenvalue weighted by molar-refractivity contribution is 5.91. The molecule has 8 nitrogen and oxygen atoms in total. The van der Waals surface area contributed by atoms with Crippen LogP contribution in [0.25, 0.3) is 0 Å². The van der Waals surface area contributed by atoms with Gasteiger partial charge in [0.1, 0.15) is 5.60 Å². The van der Waals surface area contributed by atoms with Gasteiger partial charge in [0.15, 0.2) is 5.69 Å². The first-order valence-electron chi connectivity index (χ1n) is 8.37. The molecule has 1 aliphatic rings. The van der Waals surface area contributed by atoms with Gasteiger partial charge >= 0.3 is 6.09 Å². The molecule has 1 aliphatic heterocycles. The van der Waals surface area contributed by atoms with Gasteiger partial charge in [0.2, 0.25) is 0 Å². The second kappa shape index (κ2) is 7.63. The molecule has 8 heteroatoms. The molecule has 134 valence electrons. The van der Waals surface area contributed by atoms with E-state index in [9.17, 15) is 9.59 Å². The predicted octanol–water partition coefficient (Wildman–Crippen LogP) is 1.58. The number of hydrogen-bond donors (Lipinski definition) is 1. The van der Waals surface area contributed by atoms with Crippen molar-refractivity contribution in [2.75, 3.05) is 19.6 Å². The first-order chi connectivity index (χ1) is 11.2. The zero-order valence-corrected chi connectivity index (χ0v) is 14.9. The second-order valence-corrected chi connectivity index (χ2v) is 7.23. The zero-order valence-electron chi connectivity index (χ0n) is 14.9. The number of amides is 2. The van der Waals surface area contributed by atoms with Gasteiger partial charge in [-0.1, -0.05) is 5.21 Å². The fraction of sp³-hybridized carbons (Fsp3) is 0.750. The minimum atomic E-state index is -0.460. The topological polar surface area (TPSA) is 89.4 Å². The summed E-state index contributed by atoms with van der Waals surface area (Å²) in [4.78, 5) is 25.7. The normalized spacial score (nSPS) is 16.1. The Balaban J connectivity index is 1.66. The van der Waals surface area contributed by atoms with Crippen molar-refractivity contribution in [2.45, 2.75) is 45.6 Å². The Labute approximate surface area is 142 Å². The lowest BCUT2D eigenvalue weighted by Gasteiger charge is -2.33. The number of piperidine rings is 1. The van der Waals surface area contributed by atoms with E-state index in [2.05, 4.69) is 15.6 Å². The van der Waals surface area contributed by atoms with Gasteiger partial charge < -0.3 is 15.0 Å². The summed E-state index contributed by atoms with van der Waals surface area (Å²) in [7, 11) is 1.72. The van der Waals surface area contributed by atoms with Crippen molar-refractivity contribution in [3.63, 3.8) is 0 Å². The average Bonchev–Trinajstić information content (AvgIpc) is 2.93. The smallest absolute Gasteiger partial charge is 0.410 e. The zero-order chi connectivity index (χ0) is 17.7. The fourth-order valence-corrected chi connectivity index (χ4v) is 2.66. The molecule has 1 fully saturated rings. The highest BCUT2D eigenvalue weighted by atomic mass is 16.6. The van der Waals surface area contributed by atoms with Gasteiger partial charge in [-0.15, -0.1) is 5.10 Å². The van der Waals surface area contributed by atoms with E-state index in [4.69, 9.17) is 4.74 Å². The number of carbonyl (C=O) groups is 2. The number of hydrogen-bond acceptors (Lipinski definition) is 5. The van der Waals surface area contributed by atoms with Crippen molar-refractivity contribution in [1.29, 1.82) is 0 Å². The molecular weight excluding hydrogens is 310 g/mol. The van der Waals surface area contributed by atoms with Gasteiger partial charge in [0.05, 0.1) is 6.20 Å². The van der Waals surface area contributed by atoms with Crippen LogP contribution < -0.4 is 5.32 Å². The van der Waals surface area contributed by atoms with E-state index in [1.165, 1.54) is 4.68 Å². The molecule has 0 bridgehead atoms. The van der Waals surface area contributed by atoms with Crippen molar-refractivity contribution >= 4 is 12.0 Å². The predicted molar refractivity (Wildman–Crippen MR) is 88.5 cm³/mol. The Morgan fingerprint density at radius 1 is 1.33 bits per heavy atom. The number of likely N-dealkylation sites (tertiary alicyclic amines) is 1. The maximum atomic E-state index is 12.0. The third-order valence-electron chi connectivity index (χ3n) is 3.94. The lowest BCUT2D eigenvalue weighted by atomic mass is 9.94. The molecular formula is C16H27N5O3.